The first-order valence-corrected chi connectivity index (χ1v) is 10.9. The highest BCUT2D eigenvalue weighted by molar-refractivity contribution is 7.93. The minimum absolute atomic E-state index is 0.00468. The van der Waals surface area contributed by atoms with Crippen LogP contribution in [-0.2, 0) is 10.0 Å². The molecule has 3 aromatic rings. The van der Waals surface area contributed by atoms with Crippen molar-refractivity contribution in [1.29, 1.82) is 0 Å². The lowest BCUT2D eigenvalue weighted by atomic mass is 10.3. The Bertz CT molecular complexity index is 1110. The van der Waals surface area contributed by atoms with E-state index in [0.717, 1.165) is 27.8 Å². The number of carbonyl (C=O) groups is 1. The lowest BCUT2D eigenvalue weighted by molar-refractivity contribution is 0.102. The summed E-state index contributed by atoms with van der Waals surface area (Å²) in [5.74, 6) is -1.09. The van der Waals surface area contributed by atoms with Crippen molar-refractivity contribution < 1.29 is 17.6 Å². The van der Waals surface area contributed by atoms with Gasteiger partial charge in [0.15, 0.2) is 0 Å². The summed E-state index contributed by atoms with van der Waals surface area (Å²) in [7, 11) is -2.71. The van der Waals surface area contributed by atoms with Crippen LogP contribution in [0.2, 0.25) is 10.0 Å². The molecule has 146 valence electrons. The average molecular weight is 459 g/mol. The van der Waals surface area contributed by atoms with E-state index in [-0.39, 0.29) is 15.5 Å². The molecule has 10 heteroatoms. The van der Waals surface area contributed by atoms with Crippen molar-refractivity contribution in [2.75, 3.05) is 16.7 Å². The molecule has 1 amide bonds. The third kappa shape index (κ3) is 4.30. The first kappa shape index (κ1) is 20.6. The van der Waals surface area contributed by atoms with Gasteiger partial charge in [0.1, 0.15) is 15.6 Å². The summed E-state index contributed by atoms with van der Waals surface area (Å²) < 4.78 is 40.1. The van der Waals surface area contributed by atoms with Crippen LogP contribution in [0.1, 0.15) is 9.67 Å². The molecule has 0 fully saturated rings. The molecule has 2 aromatic carbocycles. The van der Waals surface area contributed by atoms with Crippen LogP contribution in [0.5, 0.6) is 0 Å². The van der Waals surface area contributed by atoms with Crippen LogP contribution >= 0.6 is 34.5 Å². The smallest absolute Gasteiger partial charge is 0.267 e. The number of nitrogens with one attached hydrogen (secondary N) is 1. The zero-order valence-corrected chi connectivity index (χ0v) is 17.5. The molecule has 0 aliphatic heterocycles. The number of thiophene rings is 1. The van der Waals surface area contributed by atoms with Crippen LogP contribution in [0, 0.1) is 5.82 Å². The van der Waals surface area contributed by atoms with Crippen LogP contribution < -0.4 is 9.62 Å². The van der Waals surface area contributed by atoms with Crippen LogP contribution in [0.15, 0.2) is 58.8 Å². The first-order valence-electron chi connectivity index (χ1n) is 7.78. The summed E-state index contributed by atoms with van der Waals surface area (Å²) in [5.41, 5.74) is 0.603. The third-order valence-electron chi connectivity index (χ3n) is 3.78. The Morgan fingerprint density at radius 1 is 1.07 bits per heavy atom. The minimum atomic E-state index is -4.04. The Labute approximate surface area is 175 Å². The van der Waals surface area contributed by atoms with E-state index in [1.54, 1.807) is 0 Å². The van der Waals surface area contributed by atoms with Gasteiger partial charge in [-0.3, -0.25) is 9.10 Å². The van der Waals surface area contributed by atoms with Crippen molar-refractivity contribution in [3.8, 4) is 0 Å². The van der Waals surface area contributed by atoms with Gasteiger partial charge in [-0.25, -0.2) is 12.8 Å². The van der Waals surface area contributed by atoms with Crippen LogP contribution in [-0.4, -0.2) is 21.4 Å². The Morgan fingerprint density at radius 3 is 2.29 bits per heavy atom. The van der Waals surface area contributed by atoms with Gasteiger partial charge in [-0.1, -0.05) is 23.2 Å². The lowest BCUT2D eigenvalue weighted by Gasteiger charge is -2.19. The lowest BCUT2D eigenvalue weighted by Crippen LogP contribution is -2.28. The number of rotatable bonds is 5. The fraction of sp³-hybridized carbons (Fsp3) is 0.0556. The second-order valence-electron chi connectivity index (χ2n) is 5.68. The largest absolute Gasteiger partial charge is 0.321 e. The van der Waals surface area contributed by atoms with Crippen molar-refractivity contribution in [1.82, 2.24) is 0 Å². The molecular weight excluding hydrogens is 446 g/mol. The number of nitrogens with zero attached hydrogens (tertiary/aromatic N) is 1. The summed E-state index contributed by atoms with van der Waals surface area (Å²) in [6.45, 7) is 0. The van der Waals surface area contributed by atoms with E-state index in [1.807, 2.05) is 0 Å². The number of amides is 1. The van der Waals surface area contributed by atoms with E-state index < -0.39 is 21.7 Å². The molecule has 3 rings (SSSR count). The van der Waals surface area contributed by atoms with Crippen LogP contribution in [0.25, 0.3) is 0 Å². The van der Waals surface area contributed by atoms with Crippen molar-refractivity contribution in [2.45, 2.75) is 4.90 Å². The molecule has 0 saturated carbocycles. The number of hydrogen-bond acceptors (Lipinski definition) is 4. The van der Waals surface area contributed by atoms with Crippen molar-refractivity contribution in [2.24, 2.45) is 0 Å². The Kier molecular flexibility index (Phi) is 5.95. The number of carbonyl (C=O) groups excluding carboxylic acids is 1. The van der Waals surface area contributed by atoms with Crippen LogP contribution in [0.3, 0.4) is 0 Å². The zero-order valence-electron chi connectivity index (χ0n) is 14.3. The van der Waals surface area contributed by atoms with Gasteiger partial charge >= 0.3 is 0 Å². The predicted octanol–water partition coefficient (Wildman–Crippen LogP) is 5.27. The molecule has 0 unspecified atom stereocenters. The highest BCUT2D eigenvalue weighted by Gasteiger charge is 2.28. The Balaban J connectivity index is 1.91. The maximum Gasteiger partial charge on any atom is 0.267 e. The number of hydrogen-bond donors (Lipinski definition) is 1. The van der Waals surface area contributed by atoms with E-state index in [9.17, 15) is 17.6 Å². The highest BCUT2D eigenvalue weighted by Crippen LogP contribution is 2.29. The topological polar surface area (TPSA) is 66.5 Å². The second-order valence-corrected chi connectivity index (χ2v) is 9.40. The summed E-state index contributed by atoms with van der Waals surface area (Å²) in [4.78, 5) is 12.5. The first-order chi connectivity index (χ1) is 13.2. The van der Waals surface area contributed by atoms with Crippen molar-refractivity contribution in [3.63, 3.8) is 0 Å². The Hall–Kier alpha value is -2.13. The van der Waals surface area contributed by atoms with Gasteiger partial charge in [0, 0.05) is 22.8 Å². The van der Waals surface area contributed by atoms with E-state index in [4.69, 9.17) is 23.2 Å². The Morgan fingerprint density at radius 2 is 1.68 bits per heavy atom. The normalized spacial score (nSPS) is 11.3. The van der Waals surface area contributed by atoms with Gasteiger partial charge in [0.2, 0.25) is 0 Å². The van der Waals surface area contributed by atoms with Gasteiger partial charge < -0.3 is 5.32 Å². The van der Waals surface area contributed by atoms with Crippen molar-refractivity contribution in [3.05, 3.63) is 74.7 Å². The average Bonchev–Trinajstić information content (AvgIpc) is 3.11. The predicted molar refractivity (Wildman–Crippen MR) is 111 cm³/mol. The fourth-order valence-corrected chi connectivity index (χ4v) is 5.43. The molecule has 0 bridgehead atoms. The molecule has 1 heterocycles. The van der Waals surface area contributed by atoms with Crippen molar-refractivity contribution >= 4 is 61.8 Å². The fourth-order valence-electron chi connectivity index (χ4n) is 2.42. The van der Waals surface area contributed by atoms with Gasteiger partial charge in [-0.2, -0.15) is 0 Å². The van der Waals surface area contributed by atoms with E-state index in [0.29, 0.717) is 15.7 Å². The summed E-state index contributed by atoms with van der Waals surface area (Å²) >= 11 is 12.8. The van der Waals surface area contributed by atoms with E-state index >= 15 is 0 Å². The molecule has 28 heavy (non-hydrogen) atoms. The number of sulfonamides is 1. The third-order valence-corrected chi connectivity index (χ3v) is 7.09. The van der Waals surface area contributed by atoms with E-state index in [2.05, 4.69) is 5.32 Å². The standard InChI is InChI=1S/C18H13Cl2FN2O3S2/c1-23(15-4-2-13(21)3-5-15)28(25,26)16-6-7-27-17(16)18(24)22-14-9-11(19)8-12(20)10-14/h2-10H,1H3,(H,22,24). The molecule has 0 saturated heterocycles. The molecule has 0 atom stereocenters. The molecule has 0 aliphatic carbocycles. The van der Waals surface area contributed by atoms with E-state index in [1.165, 1.54) is 48.8 Å². The van der Waals surface area contributed by atoms with Gasteiger partial charge in [-0.15, -0.1) is 11.3 Å². The van der Waals surface area contributed by atoms with Gasteiger partial charge in [0.25, 0.3) is 15.9 Å². The van der Waals surface area contributed by atoms with Crippen LogP contribution in [0.4, 0.5) is 15.8 Å². The summed E-state index contributed by atoms with van der Waals surface area (Å²) in [5, 5.41) is 4.76. The number of benzene rings is 2. The molecule has 1 aromatic heterocycles. The molecular formula is C18H13Cl2FN2O3S2. The summed E-state index contributed by atoms with van der Waals surface area (Å²) in [6, 6.07) is 10.9. The SMILES string of the molecule is CN(c1ccc(F)cc1)S(=O)(=O)c1ccsc1C(=O)Nc1cc(Cl)cc(Cl)c1. The minimum Gasteiger partial charge on any atom is -0.321 e. The number of halogens is 3. The zero-order chi connectivity index (χ0) is 20.5. The molecule has 0 radical (unpaired) electrons. The second kappa shape index (κ2) is 8.08. The maximum atomic E-state index is 13.1. The highest BCUT2D eigenvalue weighted by atomic mass is 35.5. The molecule has 1 N–H and O–H groups in total. The van der Waals surface area contributed by atoms with Gasteiger partial charge in [0.05, 0.1) is 5.69 Å². The maximum absolute atomic E-state index is 13.1. The monoisotopic (exact) mass is 458 g/mol. The number of anilines is 2. The van der Waals surface area contributed by atoms with Gasteiger partial charge in [-0.05, 0) is 53.9 Å². The summed E-state index contributed by atoms with van der Waals surface area (Å²) in [6.07, 6.45) is 0. The molecule has 0 aliphatic rings. The molecule has 5 nitrogen and oxygen atoms in total. The quantitative estimate of drug-likeness (QED) is 0.565. The molecule has 0 spiro atoms.